The smallest absolute Gasteiger partial charge is 0.156 e. The second kappa shape index (κ2) is 9.21. The van der Waals surface area contributed by atoms with Crippen molar-refractivity contribution in [2.75, 3.05) is 39.7 Å². The highest BCUT2D eigenvalue weighted by molar-refractivity contribution is 8.17. The Kier molecular flexibility index (Phi) is 8.97. The maximum Gasteiger partial charge on any atom is 0.156 e. The van der Waals surface area contributed by atoms with E-state index in [1.165, 1.54) is 0 Å². The van der Waals surface area contributed by atoms with Crippen molar-refractivity contribution < 1.29 is 0 Å². The highest BCUT2D eigenvalue weighted by atomic mass is 32.2. The highest BCUT2D eigenvalue weighted by Crippen LogP contribution is 2.08. The second-order valence-corrected chi connectivity index (χ2v) is 4.42. The molecule has 0 heterocycles. The summed E-state index contributed by atoms with van der Waals surface area (Å²) in [5.41, 5.74) is 0. The van der Waals surface area contributed by atoms with Gasteiger partial charge in [-0.25, -0.2) is 0 Å². The summed E-state index contributed by atoms with van der Waals surface area (Å²) in [7, 11) is 7.35. The summed E-state index contributed by atoms with van der Waals surface area (Å²) in [6, 6.07) is 0. The first-order valence-electron chi connectivity index (χ1n) is 4.33. The zero-order valence-electron chi connectivity index (χ0n) is 9.13. The number of aliphatic imine (C=N–C) groups is 2. The molecule has 0 aliphatic rings. The molecule has 0 aromatic heterocycles. The van der Waals surface area contributed by atoms with Gasteiger partial charge in [0.25, 0.3) is 0 Å². The van der Waals surface area contributed by atoms with Crippen LogP contribution in [0, 0.1) is 0 Å². The summed E-state index contributed by atoms with van der Waals surface area (Å²) in [6.45, 7) is 0. The van der Waals surface area contributed by atoms with Gasteiger partial charge in [0.05, 0.1) is 0 Å². The molecule has 0 saturated heterocycles. The van der Waals surface area contributed by atoms with Crippen LogP contribution in [0.5, 0.6) is 0 Å². The molecule has 4 nitrogen and oxygen atoms in total. The largest absolute Gasteiger partial charge is 0.368 e. The van der Waals surface area contributed by atoms with Crippen molar-refractivity contribution >= 4 is 33.9 Å². The molecular formula is C8H18N4S2. The third kappa shape index (κ3) is 6.15. The first-order valence-corrected chi connectivity index (χ1v) is 6.30. The van der Waals surface area contributed by atoms with Crippen LogP contribution >= 0.6 is 23.5 Å². The van der Waals surface area contributed by atoms with Gasteiger partial charge in [0.1, 0.15) is 0 Å². The minimum atomic E-state index is 0.977. The molecule has 0 bridgehead atoms. The van der Waals surface area contributed by atoms with Crippen molar-refractivity contribution in [3.63, 3.8) is 0 Å². The summed E-state index contributed by atoms with van der Waals surface area (Å²) in [4.78, 5) is 8.15. The van der Waals surface area contributed by atoms with Gasteiger partial charge in [-0.15, -0.1) is 0 Å². The lowest BCUT2D eigenvalue weighted by Crippen LogP contribution is -2.17. The van der Waals surface area contributed by atoms with Gasteiger partial charge in [0.15, 0.2) is 10.3 Å². The van der Waals surface area contributed by atoms with Crippen molar-refractivity contribution in [2.24, 2.45) is 9.98 Å². The fourth-order valence-corrected chi connectivity index (χ4v) is 2.37. The van der Waals surface area contributed by atoms with E-state index in [1.54, 1.807) is 37.6 Å². The molecule has 0 unspecified atom stereocenters. The molecule has 82 valence electrons. The average Bonchev–Trinajstić information content (AvgIpc) is 2.24. The minimum Gasteiger partial charge on any atom is -0.368 e. The molecule has 0 atom stereocenters. The number of rotatable bonds is 3. The molecule has 0 saturated carbocycles. The van der Waals surface area contributed by atoms with E-state index in [2.05, 4.69) is 20.6 Å². The SMILES string of the molecule is CN=C(NC)SCCSC(=NC)NC. The molecule has 0 aliphatic carbocycles. The quantitative estimate of drug-likeness (QED) is 0.432. The third-order valence-electron chi connectivity index (χ3n) is 1.39. The molecule has 0 aromatic carbocycles. The standard InChI is InChI=1S/C8H18N4S2/c1-9-7(10-2)13-5-6-14-8(11-3)12-4/h5-6H2,1-4H3,(H,9,10)(H,11,12). The predicted octanol–water partition coefficient (Wildman–Crippen LogP) is 0.863. The van der Waals surface area contributed by atoms with Gasteiger partial charge in [-0.1, -0.05) is 23.5 Å². The van der Waals surface area contributed by atoms with Crippen LogP contribution in [0.1, 0.15) is 0 Å². The van der Waals surface area contributed by atoms with Crippen LogP contribution < -0.4 is 10.6 Å². The van der Waals surface area contributed by atoms with Crippen molar-refractivity contribution in [1.29, 1.82) is 0 Å². The first kappa shape index (κ1) is 13.6. The van der Waals surface area contributed by atoms with E-state index in [1.807, 2.05) is 14.1 Å². The molecule has 0 aromatic rings. The molecular weight excluding hydrogens is 216 g/mol. The zero-order valence-corrected chi connectivity index (χ0v) is 10.8. The molecule has 6 heteroatoms. The predicted molar refractivity (Wildman–Crippen MR) is 69.8 cm³/mol. The molecule has 0 rings (SSSR count). The van der Waals surface area contributed by atoms with Gasteiger partial charge in [0, 0.05) is 39.7 Å². The van der Waals surface area contributed by atoms with Gasteiger partial charge >= 0.3 is 0 Å². The lowest BCUT2D eigenvalue weighted by molar-refractivity contribution is 1.18. The van der Waals surface area contributed by atoms with E-state index in [0.717, 1.165) is 21.8 Å². The number of hydrogen-bond donors (Lipinski definition) is 2. The van der Waals surface area contributed by atoms with Crippen LogP contribution in [0.4, 0.5) is 0 Å². The summed E-state index contributed by atoms with van der Waals surface area (Å²) in [5.74, 6) is 2.05. The molecule has 0 fully saturated rings. The van der Waals surface area contributed by atoms with E-state index in [0.29, 0.717) is 0 Å². The summed E-state index contributed by atoms with van der Waals surface area (Å²) in [6.07, 6.45) is 0. The highest BCUT2D eigenvalue weighted by Gasteiger charge is 1.98. The van der Waals surface area contributed by atoms with E-state index in [-0.39, 0.29) is 0 Å². The first-order chi connectivity index (χ1) is 6.78. The second-order valence-electron chi connectivity index (χ2n) is 2.25. The molecule has 2 N–H and O–H groups in total. The third-order valence-corrected chi connectivity index (χ3v) is 3.79. The normalized spacial score (nSPS) is 12.9. The Morgan fingerprint density at radius 3 is 1.50 bits per heavy atom. The van der Waals surface area contributed by atoms with E-state index < -0.39 is 0 Å². The number of amidine groups is 2. The topological polar surface area (TPSA) is 48.8 Å². The van der Waals surface area contributed by atoms with Crippen LogP contribution in [-0.4, -0.2) is 50.0 Å². The Bertz CT molecular complexity index is 182. The maximum absolute atomic E-state index is 4.08. The average molecular weight is 234 g/mol. The summed E-state index contributed by atoms with van der Waals surface area (Å²) >= 11 is 3.44. The summed E-state index contributed by atoms with van der Waals surface area (Å²) < 4.78 is 0. The van der Waals surface area contributed by atoms with E-state index in [4.69, 9.17) is 0 Å². The van der Waals surface area contributed by atoms with Gasteiger partial charge < -0.3 is 10.6 Å². The number of thioether (sulfide) groups is 2. The van der Waals surface area contributed by atoms with E-state index >= 15 is 0 Å². The molecule has 0 aliphatic heterocycles. The maximum atomic E-state index is 4.08. The fraction of sp³-hybridized carbons (Fsp3) is 0.750. The van der Waals surface area contributed by atoms with Gasteiger partial charge in [-0.2, -0.15) is 0 Å². The van der Waals surface area contributed by atoms with E-state index in [9.17, 15) is 0 Å². The van der Waals surface area contributed by atoms with Crippen LogP contribution in [0.3, 0.4) is 0 Å². The Hall–Kier alpha value is -0.360. The minimum absolute atomic E-state index is 0.977. The van der Waals surface area contributed by atoms with Crippen LogP contribution in [-0.2, 0) is 0 Å². The number of nitrogens with one attached hydrogen (secondary N) is 2. The zero-order chi connectivity index (χ0) is 10.8. The fourth-order valence-electron chi connectivity index (χ4n) is 0.774. The molecule has 0 spiro atoms. The van der Waals surface area contributed by atoms with Crippen LogP contribution in [0.2, 0.25) is 0 Å². The Balaban J connectivity index is 3.55. The van der Waals surface area contributed by atoms with Gasteiger partial charge in [0.2, 0.25) is 0 Å². The van der Waals surface area contributed by atoms with Crippen molar-refractivity contribution in [1.82, 2.24) is 10.6 Å². The Morgan fingerprint density at radius 2 is 1.29 bits per heavy atom. The van der Waals surface area contributed by atoms with Gasteiger partial charge in [-0.05, 0) is 0 Å². The number of nitrogens with zero attached hydrogens (tertiary/aromatic N) is 2. The van der Waals surface area contributed by atoms with Crippen molar-refractivity contribution in [3.05, 3.63) is 0 Å². The monoisotopic (exact) mass is 234 g/mol. The molecule has 14 heavy (non-hydrogen) atoms. The summed E-state index contributed by atoms with van der Waals surface area (Å²) in [5, 5.41) is 8.01. The Morgan fingerprint density at radius 1 is 0.929 bits per heavy atom. The Labute approximate surface area is 94.4 Å². The molecule has 0 radical (unpaired) electrons. The van der Waals surface area contributed by atoms with Crippen LogP contribution in [0.25, 0.3) is 0 Å². The van der Waals surface area contributed by atoms with Crippen LogP contribution in [0.15, 0.2) is 9.98 Å². The van der Waals surface area contributed by atoms with Gasteiger partial charge in [-0.3, -0.25) is 9.98 Å². The number of hydrogen-bond acceptors (Lipinski definition) is 4. The lowest BCUT2D eigenvalue weighted by Gasteiger charge is -2.05. The lowest BCUT2D eigenvalue weighted by atomic mass is 11.0. The molecule has 0 amide bonds. The van der Waals surface area contributed by atoms with Crippen molar-refractivity contribution in [2.45, 2.75) is 0 Å². The van der Waals surface area contributed by atoms with Crippen molar-refractivity contribution in [3.8, 4) is 0 Å².